The highest BCUT2D eigenvalue weighted by Gasteiger charge is 2.21. The zero-order valence-corrected chi connectivity index (χ0v) is 13.5. The fraction of sp³-hybridized carbons (Fsp3) is 0.875. The molecule has 1 saturated carbocycles. The number of nitrogens with two attached hydrogens (primary N) is 1. The van der Waals surface area contributed by atoms with Crippen LogP contribution in [0.25, 0.3) is 0 Å². The van der Waals surface area contributed by atoms with Crippen LogP contribution in [-0.4, -0.2) is 52.7 Å². The van der Waals surface area contributed by atoms with Crippen molar-refractivity contribution in [3.8, 4) is 0 Å². The van der Waals surface area contributed by atoms with Crippen molar-refractivity contribution in [2.24, 2.45) is 11.7 Å². The number of hydrogen-bond acceptors (Lipinski definition) is 6. The highest BCUT2D eigenvalue weighted by atomic mass is 16.5. The second-order valence-corrected chi connectivity index (χ2v) is 6.74. The molecule has 2 heterocycles. The molecule has 3 rings (SSSR count). The third-order valence-corrected chi connectivity index (χ3v) is 4.97. The van der Waals surface area contributed by atoms with Crippen LogP contribution in [0.5, 0.6) is 0 Å². The number of aromatic nitrogens is 2. The summed E-state index contributed by atoms with van der Waals surface area (Å²) in [5, 5.41) is 4.00. The van der Waals surface area contributed by atoms with Gasteiger partial charge in [-0.25, -0.2) is 0 Å². The van der Waals surface area contributed by atoms with Crippen LogP contribution in [-0.2, 0) is 13.1 Å². The Hall–Kier alpha value is -0.980. The van der Waals surface area contributed by atoms with Gasteiger partial charge in [0, 0.05) is 19.6 Å². The first-order valence-electron chi connectivity index (χ1n) is 8.79. The molecule has 0 spiro atoms. The zero-order chi connectivity index (χ0) is 15.2. The van der Waals surface area contributed by atoms with Gasteiger partial charge in [-0.05, 0) is 38.3 Å². The van der Waals surface area contributed by atoms with Crippen molar-refractivity contribution in [3.05, 3.63) is 11.7 Å². The van der Waals surface area contributed by atoms with Gasteiger partial charge in [-0.15, -0.1) is 0 Å². The van der Waals surface area contributed by atoms with E-state index < -0.39 is 0 Å². The summed E-state index contributed by atoms with van der Waals surface area (Å²) in [6.07, 6.45) is 8.42. The molecule has 22 heavy (non-hydrogen) atoms. The van der Waals surface area contributed by atoms with Crippen molar-refractivity contribution in [1.29, 1.82) is 0 Å². The average Bonchev–Trinajstić information content (AvgIpc) is 2.89. The molecule has 6 heteroatoms. The maximum atomic E-state index is 5.51. The molecular formula is C16H29N5O. The van der Waals surface area contributed by atoms with Crippen LogP contribution in [0.3, 0.4) is 0 Å². The lowest BCUT2D eigenvalue weighted by Crippen LogP contribution is -2.34. The fourth-order valence-electron chi connectivity index (χ4n) is 3.74. The van der Waals surface area contributed by atoms with E-state index in [9.17, 15) is 0 Å². The standard InChI is InChI=1S/C16H29N5O/c17-11-16-18-15(19-22-16)13-21-8-4-7-20(9-10-21)12-14-5-2-1-3-6-14/h14H,1-13,17H2. The van der Waals surface area contributed by atoms with Crippen molar-refractivity contribution in [2.45, 2.75) is 51.6 Å². The number of hydrogen-bond donors (Lipinski definition) is 1. The second kappa shape index (κ2) is 8.04. The van der Waals surface area contributed by atoms with Crippen LogP contribution >= 0.6 is 0 Å². The molecule has 0 amide bonds. The van der Waals surface area contributed by atoms with Gasteiger partial charge in [0.2, 0.25) is 5.89 Å². The van der Waals surface area contributed by atoms with E-state index in [1.807, 2.05) is 0 Å². The van der Waals surface area contributed by atoms with E-state index in [1.54, 1.807) is 0 Å². The molecule has 6 nitrogen and oxygen atoms in total. The number of nitrogens with zero attached hydrogens (tertiary/aromatic N) is 4. The van der Waals surface area contributed by atoms with Crippen molar-refractivity contribution < 1.29 is 4.52 Å². The lowest BCUT2D eigenvalue weighted by molar-refractivity contribution is 0.199. The van der Waals surface area contributed by atoms with Crippen LogP contribution in [0.1, 0.15) is 50.2 Å². The molecule has 124 valence electrons. The minimum absolute atomic E-state index is 0.322. The van der Waals surface area contributed by atoms with Crippen molar-refractivity contribution in [3.63, 3.8) is 0 Å². The maximum Gasteiger partial charge on any atom is 0.240 e. The largest absolute Gasteiger partial charge is 0.338 e. The highest BCUT2D eigenvalue weighted by molar-refractivity contribution is 4.86. The Labute approximate surface area is 133 Å². The first-order valence-corrected chi connectivity index (χ1v) is 8.79. The molecule has 1 saturated heterocycles. The SMILES string of the molecule is NCc1nc(CN2CCCN(CC3CCCCC3)CC2)no1. The summed E-state index contributed by atoms with van der Waals surface area (Å²) in [5.41, 5.74) is 5.51. The number of rotatable bonds is 5. The Bertz CT molecular complexity index is 443. The zero-order valence-electron chi connectivity index (χ0n) is 13.5. The molecule has 1 aliphatic carbocycles. The fourth-order valence-corrected chi connectivity index (χ4v) is 3.74. The molecular weight excluding hydrogens is 278 g/mol. The van der Waals surface area contributed by atoms with Crippen LogP contribution in [0.2, 0.25) is 0 Å². The molecule has 2 N–H and O–H groups in total. The Balaban J connectivity index is 1.44. The van der Waals surface area contributed by atoms with Crippen LogP contribution < -0.4 is 5.73 Å². The predicted octanol–water partition coefficient (Wildman–Crippen LogP) is 1.62. The molecule has 0 aromatic carbocycles. The van der Waals surface area contributed by atoms with Crippen molar-refractivity contribution in [1.82, 2.24) is 19.9 Å². The molecule has 1 aromatic heterocycles. The molecule has 1 aliphatic heterocycles. The first kappa shape index (κ1) is 15.9. The van der Waals surface area contributed by atoms with Crippen molar-refractivity contribution >= 4 is 0 Å². The van der Waals surface area contributed by atoms with E-state index in [-0.39, 0.29) is 0 Å². The minimum Gasteiger partial charge on any atom is -0.338 e. The van der Waals surface area contributed by atoms with Gasteiger partial charge in [-0.2, -0.15) is 4.98 Å². The van der Waals surface area contributed by atoms with Gasteiger partial charge in [0.1, 0.15) is 0 Å². The molecule has 2 aliphatic rings. The summed E-state index contributed by atoms with van der Waals surface area (Å²) in [6.45, 7) is 7.01. The predicted molar refractivity (Wildman–Crippen MR) is 85.1 cm³/mol. The quantitative estimate of drug-likeness (QED) is 0.891. The average molecular weight is 307 g/mol. The smallest absolute Gasteiger partial charge is 0.240 e. The topological polar surface area (TPSA) is 71.4 Å². The molecule has 0 atom stereocenters. The molecule has 0 bridgehead atoms. The van der Waals surface area contributed by atoms with Crippen LogP contribution in [0.15, 0.2) is 4.52 Å². The lowest BCUT2D eigenvalue weighted by Gasteiger charge is -2.28. The summed E-state index contributed by atoms with van der Waals surface area (Å²) in [5.74, 6) is 2.23. The summed E-state index contributed by atoms with van der Waals surface area (Å²) in [6, 6.07) is 0. The summed E-state index contributed by atoms with van der Waals surface area (Å²) >= 11 is 0. The van der Waals surface area contributed by atoms with Gasteiger partial charge in [-0.3, -0.25) is 4.90 Å². The van der Waals surface area contributed by atoms with E-state index >= 15 is 0 Å². The van der Waals surface area contributed by atoms with E-state index in [0.717, 1.165) is 37.9 Å². The summed E-state index contributed by atoms with van der Waals surface area (Å²) in [7, 11) is 0. The summed E-state index contributed by atoms with van der Waals surface area (Å²) in [4.78, 5) is 9.41. The molecule has 0 radical (unpaired) electrons. The van der Waals surface area contributed by atoms with Crippen LogP contribution in [0.4, 0.5) is 0 Å². The van der Waals surface area contributed by atoms with Gasteiger partial charge in [-0.1, -0.05) is 24.4 Å². The maximum absolute atomic E-state index is 5.51. The third-order valence-electron chi connectivity index (χ3n) is 4.97. The minimum atomic E-state index is 0.322. The van der Waals surface area contributed by atoms with Crippen LogP contribution in [0, 0.1) is 5.92 Å². The van der Waals surface area contributed by atoms with E-state index in [2.05, 4.69) is 19.9 Å². The Morgan fingerprint density at radius 1 is 1.00 bits per heavy atom. The van der Waals surface area contributed by atoms with E-state index in [4.69, 9.17) is 10.3 Å². The Kier molecular flexibility index (Phi) is 5.81. The second-order valence-electron chi connectivity index (χ2n) is 6.74. The van der Waals surface area contributed by atoms with Gasteiger partial charge in [0.05, 0.1) is 13.1 Å². The normalized spacial score (nSPS) is 22.8. The van der Waals surface area contributed by atoms with E-state index in [0.29, 0.717) is 12.4 Å². The van der Waals surface area contributed by atoms with Gasteiger partial charge >= 0.3 is 0 Å². The first-order chi connectivity index (χ1) is 10.8. The van der Waals surface area contributed by atoms with Gasteiger partial charge in [0.25, 0.3) is 0 Å². The third kappa shape index (κ3) is 4.51. The molecule has 2 fully saturated rings. The highest BCUT2D eigenvalue weighted by Crippen LogP contribution is 2.24. The lowest BCUT2D eigenvalue weighted by atomic mass is 9.89. The molecule has 1 aromatic rings. The Morgan fingerprint density at radius 2 is 1.77 bits per heavy atom. The van der Waals surface area contributed by atoms with Gasteiger partial charge in [0.15, 0.2) is 5.82 Å². The van der Waals surface area contributed by atoms with E-state index in [1.165, 1.54) is 51.6 Å². The van der Waals surface area contributed by atoms with Crippen molar-refractivity contribution in [2.75, 3.05) is 32.7 Å². The molecule has 0 unspecified atom stereocenters. The summed E-state index contributed by atoms with van der Waals surface area (Å²) < 4.78 is 5.09. The van der Waals surface area contributed by atoms with Gasteiger partial charge < -0.3 is 15.2 Å². The Morgan fingerprint density at radius 3 is 2.55 bits per heavy atom. The monoisotopic (exact) mass is 307 g/mol.